The molecule has 1 saturated heterocycles. The van der Waals surface area contributed by atoms with Gasteiger partial charge in [-0.05, 0) is 101 Å². The number of rotatable bonds is 10. The summed E-state index contributed by atoms with van der Waals surface area (Å²) in [6, 6.07) is 20.6. The summed E-state index contributed by atoms with van der Waals surface area (Å²) < 4.78 is 4.75. The molecular formula is C40H51N5O3. The molecule has 2 fully saturated rings. The van der Waals surface area contributed by atoms with Crippen LogP contribution in [0.15, 0.2) is 71.9 Å². The van der Waals surface area contributed by atoms with E-state index in [-0.39, 0.29) is 23.3 Å². The van der Waals surface area contributed by atoms with E-state index in [2.05, 4.69) is 72.7 Å². The zero-order valence-electron chi connectivity index (χ0n) is 29.0. The van der Waals surface area contributed by atoms with Crippen molar-refractivity contribution in [1.82, 2.24) is 10.2 Å². The Hall–Kier alpha value is -4.59. The Balaban J connectivity index is 1.34. The third-order valence-corrected chi connectivity index (χ3v) is 10.3. The van der Waals surface area contributed by atoms with Gasteiger partial charge in [0.05, 0.1) is 24.5 Å². The topological polar surface area (TPSA) is 123 Å². The average molecular weight is 650 g/mol. The maximum Gasteiger partial charge on any atom is 0.407 e. The molecule has 1 heterocycles. The number of hydrogen-bond donors (Lipinski definition) is 3. The minimum absolute atomic E-state index is 0.0734. The van der Waals surface area contributed by atoms with Gasteiger partial charge in [0.15, 0.2) is 0 Å². The van der Waals surface area contributed by atoms with E-state index in [1.165, 1.54) is 49.5 Å². The lowest BCUT2D eigenvalue weighted by Crippen LogP contribution is -2.52. The van der Waals surface area contributed by atoms with Crippen LogP contribution >= 0.6 is 0 Å². The van der Waals surface area contributed by atoms with Crippen molar-refractivity contribution in [3.8, 4) is 22.3 Å². The lowest BCUT2D eigenvalue weighted by molar-refractivity contribution is -0.134. The van der Waals surface area contributed by atoms with Gasteiger partial charge >= 0.3 is 6.09 Å². The number of nitrogens with one attached hydrogen (secondary N) is 1. The maximum absolute atomic E-state index is 13.4. The SMILES string of the molecule is CCC1(c2cc(-c3ccc(N)c(N)c3)ccc2-c2ccc(C=CN=CC3CC(C)CN3C(=O)C(NC(=O)OC)C(C)C)cc2)CCCC1. The molecular weight excluding hydrogens is 598 g/mol. The van der Waals surface area contributed by atoms with E-state index in [4.69, 9.17) is 16.2 Å². The largest absolute Gasteiger partial charge is 0.453 e. The lowest BCUT2D eigenvalue weighted by Gasteiger charge is -2.31. The van der Waals surface area contributed by atoms with Gasteiger partial charge in [-0.15, -0.1) is 0 Å². The van der Waals surface area contributed by atoms with E-state index in [0.717, 1.165) is 29.5 Å². The summed E-state index contributed by atoms with van der Waals surface area (Å²) in [4.78, 5) is 31.7. The molecule has 3 atom stereocenters. The average Bonchev–Trinajstić information content (AvgIpc) is 3.73. The highest BCUT2D eigenvalue weighted by Gasteiger charge is 2.38. The van der Waals surface area contributed by atoms with Crippen molar-refractivity contribution in [2.24, 2.45) is 16.8 Å². The van der Waals surface area contributed by atoms with Crippen LogP contribution in [0.3, 0.4) is 0 Å². The molecule has 0 bridgehead atoms. The van der Waals surface area contributed by atoms with Gasteiger partial charge in [0.1, 0.15) is 6.04 Å². The van der Waals surface area contributed by atoms with Crippen molar-refractivity contribution in [1.29, 1.82) is 0 Å². The van der Waals surface area contributed by atoms with Gasteiger partial charge in [-0.1, -0.05) is 83.0 Å². The molecule has 1 saturated carbocycles. The van der Waals surface area contributed by atoms with Gasteiger partial charge in [0.25, 0.3) is 0 Å². The monoisotopic (exact) mass is 649 g/mol. The van der Waals surface area contributed by atoms with Gasteiger partial charge < -0.3 is 26.4 Å². The van der Waals surface area contributed by atoms with E-state index in [0.29, 0.717) is 23.8 Å². The Morgan fingerprint density at radius 3 is 2.31 bits per heavy atom. The van der Waals surface area contributed by atoms with E-state index in [9.17, 15) is 9.59 Å². The van der Waals surface area contributed by atoms with Gasteiger partial charge in [0, 0.05) is 19.0 Å². The number of methoxy groups -OCH3 is 1. The number of likely N-dealkylation sites (tertiary alicyclic amines) is 1. The van der Waals surface area contributed by atoms with Gasteiger partial charge in [-0.25, -0.2) is 4.79 Å². The number of nitrogens with zero attached hydrogens (tertiary/aromatic N) is 2. The summed E-state index contributed by atoms with van der Waals surface area (Å²) in [6.45, 7) is 8.91. The first kappa shape index (κ1) is 34.7. The Labute approximate surface area is 285 Å². The zero-order valence-corrected chi connectivity index (χ0v) is 29.0. The highest BCUT2D eigenvalue weighted by Crippen LogP contribution is 2.48. The highest BCUT2D eigenvalue weighted by molar-refractivity contribution is 5.89. The van der Waals surface area contributed by atoms with Crippen LogP contribution in [0.5, 0.6) is 0 Å². The summed E-state index contributed by atoms with van der Waals surface area (Å²) in [5.74, 6) is 0.159. The third-order valence-electron chi connectivity index (χ3n) is 10.3. The number of amides is 2. The second-order valence-electron chi connectivity index (χ2n) is 13.9. The van der Waals surface area contributed by atoms with Crippen LogP contribution < -0.4 is 16.8 Å². The molecule has 48 heavy (non-hydrogen) atoms. The molecule has 0 aromatic heterocycles. The molecule has 1 aliphatic carbocycles. The van der Waals surface area contributed by atoms with Crippen LogP contribution in [0.25, 0.3) is 28.3 Å². The van der Waals surface area contributed by atoms with E-state index >= 15 is 0 Å². The Bertz CT molecular complexity index is 1660. The Kier molecular flexibility index (Phi) is 10.9. The number of nitrogen functional groups attached to an aromatic ring is 2. The number of nitrogens with two attached hydrogens (primary N) is 2. The number of alkyl carbamates (subject to hydrolysis) is 1. The summed E-state index contributed by atoms with van der Waals surface area (Å²) in [6.07, 6.45) is 11.9. The number of aliphatic imine (C=N–C) groups is 1. The van der Waals surface area contributed by atoms with Crippen LogP contribution in [0.4, 0.5) is 16.2 Å². The van der Waals surface area contributed by atoms with Crippen molar-refractivity contribution in [2.75, 3.05) is 25.1 Å². The summed E-state index contributed by atoms with van der Waals surface area (Å²) in [5, 5.41) is 2.70. The fraction of sp³-hybridized carbons (Fsp3) is 0.425. The standard InChI is InChI=1S/C40H51N5O3/c1-6-40(18-7-8-19-40)34-22-30(31-14-16-35(41)36(42)23-31)13-15-33(34)29-11-9-28(10-12-29)17-20-43-24-32-21-27(4)25-45(32)38(46)37(26(2)3)44-39(47)48-5/h9-17,20,22-24,26-27,32,37H,6-8,18-19,21,25,41-42H2,1-5H3,(H,44,47). The minimum atomic E-state index is -0.651. The van der Waals surface area contributed by atoms with Crippen LogP contribution in [0, 0.1) is 11.8 Å². The first-order valence-electron chi connectivity index (χ1n) is 17.3. The van der Waals surface area contributed by atoms with Gasteiger partial charge in [-0.2, -0.15) is 0 Å². The molecule has 0 radical (unpaired) electrons. The molecule has 5 N–H and O–H groups in total. The predicted octanol–water partition coefficient (Wildman–Crippen LogP) is 8.07. The normalized spacial score (nSPS) is 19.8. The molecule has 2 amide bonds. The van der Waals surface area contributed by atoms with Crippen molar-refractivity contribution in [3.63, 3.8) is 0 Å². The predicted molar refractivity (Wildman–Crippen MR) is 198 cm³/mol. The van der Waals surface area contributed by atoms with E-state index < -0.39 is 12.1 Å². The first-order chi connectivity index (χ1) is 23.0. The quantitative estimate of drug-likeness (QED) is 0.151. The molecule has 1 aliphatic heterocycles. The van der Waals surface area contributed by atoms with Crippen molar-refractivity contribution in [3.05, 3.63) is 78.0 Å². The van der Waals surface area contributed by atoms with Crippen LogP contribution in [0.1, 0.15) is 77.3 Å². The number of hydrogen-bond acceptors (Lipinski definition) is 6. The van der Waals surface area contributed by atoms with Crippen molar-refractivity contribution >= 4 is 35.7 Å². The lowest BCUT2D eigenvalue weighted by atomic mass is 9.73. The maximum atomic E-state index is 13.4. The van der Waals surface area contributed by atoms with Gasteiger partial charge in [0.2, 0.25) is 5.91 Å². The molecule has 3 unspecified atom stereocenters. The van der Waals surface area contributed by atoms with E-state index in [1.54, 1.807) is 6.20 Å². The van der Waals surface area contributed by atoms with Gasteiger partial charge in [-0.3, -0.25) is 9.79 Å². The molecule has 2 aliphatic rings. The molecule has 0 spiro atoms. The smallest absolute Gasteiger partial charge is 0.407 e. The Morgan fingerprint density at radius 1 is 1.00 bits per heavy atom. The molecule has 3 aromatic carbocycles. The number of carbonyl (C=O) groups excluding carboxylic acids is 2. The minimum Gasteiger partial charge on any atom is -0.453 e. The van der Waals surface area contributed by atoms with Crippen molar-refractivity contribution in [2.45, 2.75) is 83.7 Å². The highest BCUT2D eigenvalue weighted by atomic mass is 16.5. The summed E-state index contributed by atoms with van der Waals surface area (Å²) in [7, 11) is 1.30. The van der Waals surface area contributed by atoms with Crippen molar-refractivity contribution < 1.29 is 14.3 Å². The van der Waals surface area contributed by atoms with E-state index in [1.807, 2.05) is 43.2 Å². The zero-order chi connectivity index (χ0) is 34.4. The summed E-state index contributed by atoms with van der Waals surface area (Å²) in [5.41, 5.74) is 20.7. The second kappa shape index (κ2) is 15.1. The third kappa shape index (κ3) is 7.59. The number of carbonyl (C=O) groups is 2. The fourth-order valence-corrected chi connectivity index (χ4v) is 7.44. The van der Waals surface area contributed by atoms with Crippen LogP contribution in [0.2, 0.25) is 0 Å². The number of ether oxygens (including phenoxy) is 1. The van der Waals surface area contributed by atoms with Crippen LogP contribution in [-0.2, 0) is 14.9 Å². The van der Waals surface area contributed by atoms with Crippen LogP contribution in [-0.4, -0.2) is 48.9 Å². The molecule has 254 valence electrons. The molecule has 3 aromatic rings. The molecule has 8 heteroatoms. The first-order valence-corrected chi connectivity index (χ1v) is 17.3. The second-order valence-corrected chi connectivity index (χ2v) is 13.9. The Morgan fingerprint density at radius 2 is 1.67 bits per heavy atom. The number of benzene rings is 3. The molecule has 8 nitrogen and oxygen atoms in total. The fourth-order valence-electron chi connectivity index (χ4n) is 7.44. The summed E-state index contributed by atoms with van der Waals surface area (Å²) >= 11 is 0. The number of anilines is 2. The molecule has 5 rings (SSSR count).